The van der Waals surface area contributed by atoms with Crippen LogP contribution in [0.25, 0.3) is 0 Å². The maximum atomic E-state index is 11.5. The van der Waals surface area contributed by atoms with Gasteiger partial charge in [-0.3, -0.25) is 9.59 Å². The van der Waals surface area contributed by atoms with E-state index in [0.717, 1.165) is 0 Å². The predicted molar refractivity (Wildman–Crippen MR) is 63.9 cm³/mol. The molecule has 17 heavy (non-hydrogen) atoms. The highest BCUT2D eigenvalue weighted by Gasteiger charge is 2.12. The van der Waals surface area contributed by atoms with Crippen molar-refractivity contribution in [3.8, 4) is 6.07 Å². The fourth-order valence-corrected chi connectivity index (χ4v) is 1.10. The smallest absolute Gasteiger partial charge is 0.263 e. The number of nitrogens with two attached hydrogens (primary N) is 1. The number of amides is 2. The Morgan fingerprint density at radius 1 is 1.59 bits per heavy atom. The lowest BCUT2D eigenvalue weighted by Gasteiger charge is -2.15. The van der Waals surface area contributed by atoms with Crippen molar-refractivity contribution in [2.45, 2.75) is 6.92 Å². The summed E-state index contributed by atoms with van der Waals surface area (Å²) < 4.78 is 0. The van der Waals surface area contributed by atoms with Crippen molar-refractivity contribution in [1.29, 1.82) is 5.26 Å². The van der Waals surface area contributed by atoms with Gasteiger partial charge in [-0.1, -0.05) is 0 Å². The van der Waals surface area contributed by atoms with Gasteiger partial charge in [0, 0.05) is 38.6 Å². The van der Waals surface area contributed by atoms with Crippen LogP contribution in [0.4, 0.5) is 0 Å². The molecular formula is C10H15ClN4O2. The molecule has 0 heterocycles. The van der Waals surface area contributed by atoms with Crippen LogP contribution < -0.4 is 11.1 Å². The molecule has 7 heteroatoms. The van der Waals surface area contributed by atoms with Crippen molar-refractivity contribution in [1.82, 2.24) is 10.2 Å². The van der Waals surface area contributed by atoms with Crippen molar-refractivity contribution >= 4 is 23.4 Å². The number of nitriles is 1. The number of nitrogens with zero attached hydrogens (tertiary/aromatic N) is 2. The van der Waals surface area contributed by atoms with Crippen LogP contribution in [0.5, 0.6) is 0 Å². The van der Waals surface area contributed by atoms with Crippen LogP contribution in [0.15, 0.2) is 11.8 Å². The Bertz CT molecular complexity index is 349. The lowest BCUT2D eigenvalue weighted by Crippen LogP contribution is -2.32. The van der Waals surface area contributed by atoms with Crippen molar-refractivity contribution in [3.63, 3.8) is 0 Å². The number of hydrogen-bond donors (Lipinski definition) is 2. The molecule has 0 aliphatic carbocycles. The zero-order valence-electron chi connectivity index (χ0n) is 9.57. The zero-order chi connectivity index (χ0) is 13.3. The summed E-state index contributed by atoms with van der Waals surface area (Å²) in [6, 6.07) is 1.73. The van der Waals surface area contributed by atoms with E-state index < -0.39 is 5.91 Å². The summed E-state index contributed by atoms with van der Waals surface area (Å²) in [7, 11) is 0. The molecule has 3 N–H and O–H groups in total. The normalized spacial score (nSPS) is 10.6. The quantitative estimate of drug-likeness (QED) is 0.383. The minimum Gasteiger partial charge on any atom is -0.350 e. The topological polar surface area (TPSA) is 99.2 Å². The zero-order valence-corrected chi connectivity index (χ0v) is 10.3. The number of halogens is 1. The van der Waals surface area contributed by atoms with Crippen LogP contribution in [0.3, 0.4) is 0 Å². The minimum absolute atomic E-state index is 0.154. The Morgan fingerprint density at radius 2 is 2.24 bits per heavy atom. The molecule has 0 bridgehead atoms. The van der Waals surface area contributed by atoms with E-state index in [-0.39, 0.29) is 37.0 Å². The van der Waals surface area contributed by atoms with Crippen LogP contribution in [0.1, 0.15) is 6.92 Å². The summed E-state index contributed by atoms with van der Waals surface area (Å²) in [6.07, 6.45) is 1.19. The molecule has 0 aromatic heterocycles. The molecule has 0 fully saturated rings. The first-order chi connectivity index (χ1) is 8.06. The maximum absolute atomic E-state index is 11.5. The van der Waals surface area contributed by atoms with Crippen LogP contribution in [-0.2, 0) is 9.59 Å². The van der Waals surface area contributed by atoms with E-state index in [1.54, 1.807) is 6.07 Å². The molecule has 0 saturated heterocycles. The van der Waals surface area contributed by atoms with Crippen LogP contribution in [0, 0.1) is 11.3 Å². The van der Waals surface area contributed by atoms with E-state index >= 15 is 0 Å². The van der Waals surface area contributed by atoms with Gasteiger partial charge in [-0.15, -0.1) is 11.6 Å². The Hall–Kier alpha value is -1.58. The summed E-state index contributed by atoms with van der Waals surface area (Å²) >= 11 is 5.40. The first kappa shape index (κ1) is 15.4. The molecule has 0 atom stereocenters. The summed E-state index contributed by atoms with van der Waals surface area (Å²) in [5.41, 5.74) is 5.16. The molecule has 0 unspecified atom stereocenters. The molecule has 0 saturated carbocycles. The standard InChI is InChI=1S/C10H15ClN4O2/c1-8(16)15(5-3-12)7-9(6-13)10(17)14-4-2-11/h7H,2-5,12H2,1H3,(H,14,17)/b9-7-. The molecule has 0 rings (SSSR count). The van der Waals surface area contributed by atoms with E-state index in [9.17, 15) is 9.59 Å². The van der Waals surface area contributed by atoms with Crippen LogP contribution in [-0.4, -0.2) is 42.2 Å². The SMILES string of the molecule is CC(=O)N(/C=C(/C#N)C(=O)NCCCl)CCN. The molecule has 94 valence electrons. The lowest BCUT2D eigenvalue weighted by atomic mass is 10.3. The highest BCUT2D eigenvalue weighted by molar-refractivity contribution is 6.18. The van der Waals surface area contributed by atoms with E-state index in [4.69, 9.17) is 22.6 Å². The van der Waals surface area contributed by atoms with Gasteiger partial charge in [-0.2, -0.15) is 5.26 Å². The van der Waals surface area contributed by atoms with Gasteiger partial charge in [-0.05, 0) is 0 Å². The molecule has 0 spiro atoms. The fraction of sp³-hybridized carbons (Fsp3) is 0.500. The number of rotatable bonds is 6. The Morgan fingerprint density at radius 3 is 2.65 bits per heavy atom. The van der Waals surface area contributed by atoms with Gasteiger partial charge in [0.05, 0.1) is 0 Å². The number of carbonyl (C=O) groups excluding carboxylic acids is 2. The third-order valence-electron chi connectivity index (χ3n) is 1.80. The van der Waals surface area contributed by atoms with Gasteiger partial charge in [-0.25, -0.2) is 0 Å². The molecule has 0 aliphatic rings. The number of carbonyl (C=O) groups is 2. The van der Waals surface area contributed by atoms with Crippen molar-refractivity contribution in [2.24, 2.45) is 5.73 Å². The number of alkyl halides is 1. The van der Waals surface area contributed by atoms with E-state index in [0.29, 0.717) is 0 Å². The van der Waals surface area contributed by atoms with Crippen molar-refractivity contribution < 1.29 is 9.59 Å². The highest BCUT2D eigenvalue weighted by Crippen LogP contribution is 1.98. The Labute approximate surface area is 105 Å². The van der Waals surface area contributed by atoms with Crippen LogP contribution in [0.2, 0.25) is 0 Å². The largest absolute Gasteiger partial charge is 0.350 e. The minimum atomic E-state index is -0.559. The summed E-state index contributed by atoms with van der Waals surface area (Å²) in [6.45, 7) is 2.09. The van der Waals surface area contributed by atoms with Gasteiger partial charge in [0.1, 0.15) is 11.6 Å². The molecule has 0 aromatic rings. The van der Waals surface area contributed by atoms with Gasteiger partial charge in [0.15, 0.2) is 0 Å². The fourth-order valence-electron chi connectivity index (χ4n) is 1.00. The molecular weight excluding hydrogens is 244 g/mol. The van der Waals surface area contributed by atoms with Crippen molar-refractivity contribution in [2.75, 3.05) is 25.5 Å². The number of nitrogens with one attached hydrogen (secondary N) is 1. The van der Waals surface area contributed by atoms with Crippen molar-refractivity contribution in [3.05, 3.63) is 11.8 Å². The third kappa shape index (κ3) is 5.90. The molecule has 2 amide bonds. The first-order valence-electron chi connectivity index (χ1n) is 5.00. The second-order valence-corrected chi connectivity index (χ2v) is 3.48. The van der Waals surface area contributed by atoms with E-state index in [2.05, 4.69) is 5.32 Å². The van der Waals surface area contributed by atoms with Gasteiger partial charge < -0.3 is 16.0 Å². The average Bonchev–Trinajstić information content (AvgIpc) is 2.31. The molecule has 0 radical (unpaired) electrons. The average molecular weight is 259 g/mol. The third-order valence-corrected chi connectivity index (χ3v) is 1.99. The molecule has 6 nitrogen and oxygen atoms in total. The van der Waals surface area contributed by atoms with Gasteiger partial charge in [0.2, 0.25) is 5.91 Å². The Balaban J connectivity index is 4.77. The van der Waals surface area contributed by atoms with E-state index in [1.165, 1.54) is 18.0 Å². The predicted octanol–water partition coefficient (Wildman–Crippen LogP) is -0.444. The molecule has 0 aromatic carbocycles. The Kier molecular flexibility index (Phi) is 7.76. The molecule has 0 aliphatic heterocycles. The summed E-state index contributed by atoms with van der Waals surface area (Å²) in [5.74, 6) is -0.589. The first-order valence-corrected chi connectivity index (χ1v) is 5.53. The van der Waals surface area contributed by atoms with Gasteiger partial charge in [0.25, 0.3) is 5.91 Å². The maximum Gasteiger partial charge on any atom is 0.263 e. The second kappa shape index (κ2) is 8.56. The lowest BCUT2D eigenvalue weighted by molar-refractivity contribution is -0.126. The summed E-state index contributed by atoms with van der Waals surface area (Å²) in [4.78, 5) is 23.9. The number of hydrogen-bond acceptors (Lipinski definition) is 4. The monoisotopic (exact) mass is 258 g/mol. The second-order valence-electron chi connectivity index (χ2n) is 3.10. The highest BCUT2D eigenvalue weighted by atomic mass is 35.5. The van der Waals surface area contributed by atoms with E-state index in [1.807, 2.05) is 0 Å². The summed E-state index contributed by atoms with van der Waals surface area (Å²) in [5, 5.41) is 11.3. The van der Waals surface area contributed by atoms with Gasteiger partial charge >= 0.3 is 0 Å². The van der Waals surface area contributed by atoms with Crippen LogP contribution >= 0.6 is 11.6 Å².